The van der Waals surface area contributed by atoms with E-state index >= 15 is 0 Å². The number of hydrogen-bond acceptors (Lipinski definition) is 4. The zero-order valence-corrected chi connectivity index (χ0v) is 12.7. The minimum Gasteiger partial charge on any atom is -0.377 e. The van der Waals surface area contributed by atoms with Gasteiger partial charge in [-0.3, -0.25) is 0 Å². The van der Waals surface area contributed by atoms with Gasteiger partial charge < -0.3 is 10.1 Å². The van der Waals surface area contributed by atoms with Crippen LogP contribution in [0, 0.1) is 0 Å². The molecule has 1 N–H and O–H groups in total. The number of likely N-dealkylation sites (N-methyl/N-ethyl adjacent to an activating group) is 1. The first-order valence-corrected chi connectivity index (χ1v) is 8.96. The van der Waals surface area contributed by atoms with Gasteiger partial charge in [-0.25, -0.2) is 8.42 Å². The van der Waals surface area contributed by atoms with E-state index < -0.39 is 9.84 Å². The Labute approximate surface area is 111 Å². The topological polar surface area (TPSA) is 55.4 Å². The average molecular weight is 277 g/mol. The van der Waals surface area contributed by atoms with E-state index in [9.17, 15) is 8.42 Å². The summed E-state index contributed by atoms with van der Waals surface area (Å²) < 4.78 is 28.2. The van der Waals surface area contributed by atoms with Crippen LogP contribution < -0.4 is 5.32 Å². The minimum absolute atomic E-state index is 0.0759. The van der Waals surface area contributed by atoms with E-state index in [1.165, 1.54) is 19.1 Å². The largest absolute Gasteiger partial charge is 0.377 e. The van der Waals surface area contributed by atoms with Gasteiger partial charge in [0.15, 0.2) is 0 Å². The number of ether oxygens (including phenoxy) is 1. The quantitative estimate of drug-likeness (QED) is 0.734. The molecule has 0 radical (unpaired) electrons. The second-order valence-corrected chi connectivity index (χ2v) is 7.62. The molecule has 0 aromatic heterocycles. The molecule has 18 heavy (non-hydrogen) atoms. The molecule has 0 amide bonds. The van der Waals surface area contributed by atoms with Crippen LogP contribution in [0.15, 0.2) is 0 Å². The molecule has 4 nitrogen and oxygen atoms in total. The predicted molar refractivity (Wildman–Crippen MR) is 74.6 cm³/mol. The van der Waals surface area contributed by atoms with Gasteiger partial charge in [-0.15, -0.1) is 0 Å². The summed E-state index contributed by atoms with van der Waals surface area (Å²) in [6.07, 6.45) is 7.47. The molecule has 0 aliphatic heterocycles. The van der Waals surface area contributed by atoms with Crippen molar-refractivity contribution in [1.29, 1.82) is 0 Å². The molecular formula is C13H27NO3S. The highest BCUT2D eigenvalue weighted by Crippen LogP contribution is 2.37. The van der Waals surface area contributed by atoms with Gasteiger partial charge in [0.2, 0.25) is 0 Å². The van der Waals surface area contributed by atoms with Gasteiger partial charge in [0.25, 0.3) is 0 Å². The first-order chi connectivity index (χ1) is 8.43. The van der Waals surface area contributed by atoms with Crippen LogP contribution in [0.5, 0.6) is 0 Å². The Morgan fingerprint density at radius 1 is 1.33 bits per heavy atom. The first kappa shape index (κ1) is 15.9. The standard InChI is InChI=1S/C13H27NO3S/c1-4-14-12(8-7-11-18(3,15)16)13(17-2)9-5-6-10-13/h12,14H,4-11H2,1-3H3. The molecule has 1 unspecified atom stereocenters. The van der Waals surface area contributed by atoms with Crippen LogP contribution in [-0.4, -0.2) is 45.7 Å². The molecule has 1 atom stereocenters. The number of nitrogens with one attached hydrogen (secondary N) is 1. The van der Waals surface area contributed by atoms with E-state index in [0.29, 0.717) is 6.42 Å². The summed E-state index contributed by atoms with van der Waals surface area (Å²) in [6.45, 7) is 2.98. The normalized spacial score (nSPS) is 21.1. The van der Waals surface area contributed by atoms with E-state index in [4.69, 9.17) is 4.74 Å². The second kappa shape index (κ2) is 6.87. The van der Waals surface area contributed by atoms with Crippen molar-refractivity contribution in [1.82, 2.24) is 5.32 Å². The molecule has 1 fully saturated rings. The van der Waals surface area contributed by atoms with Gasteiger partial charge in [-0.1, -0.05) is 19.8 Å². The summed E-state index contributed by atoms with van der Waals surface area (Å²) in [5, 5.41) is 3.48. The van der Waals surface area contributed by atoms with Crippen molar-refractivity contribution in [3.8, 4) is 0 Å². The van der Waals surface area contributed by atoms with Crippen LogP contribution >= 0.6 is 0 Å². The van der Waals surface area contributed by atoms with Crippen molar-refractivity contribution in [2.75, 3.05) is 25.7 Å². The summed E-state index contributed by atoms with van der Waals surface area (Å²) in [7, 11) is -1.07. The highest BCUT2D eigenvalue weighted by molar-refractivity contribution is 7.90. The molecule has 0 spiro atoms. The summed E-state index contributed by atoms with van der Waals surface area (Å²) in [6, 6.07) is 0.275. The van der Waals surface area contributed by atoms with Crippen LogP contribution in [0.25, 0.3) is 0 Å². The lowest BCUT2D eigenvalue weighted by Gasteiger charge is -2.37. The van der Waals surface area contributed by atoms with E-state index in [0.717, 1.165) is 25.8 Å². The van der Waals surface area contributed by atoms with Gasteiger partial charge in [0.05, 0.1) is 5.60 Å². The number of rotatable bonds is 8. The lowest BCUT2D eigenvalue weighted by atomic mass is 9.88. The monoisotopic (exact) mass is 277 g/mol. The smallest absolute Gasteiger partial charge is 0.147 e. The van der Waals surface area contributed by atoms with Gasteiger partial charge in [0.1, 0.15) is 9.84 Å². The fraction of sp³-hybridized carbons (Fsp3) is 1.00. The maximum Gasteiger partial charge on any atom is 0.147 e. The van der Waals surface area contributed by atoms with Gasteiger partial charge in [0, 0.05) is 25.2 Å². The van der Waals surface area contributed by atoms with E-state index in [2.05, 4.69) is 12.2 Å². The molecule has 0 aromatic carbocycles. The van der Waals surface area contributed by atoms with Crippen molar-refractivity contribution < 1.29 is 13.2 Å². The van der Waals surface area contributed by atoms with Crippen molar-refractivity contribution in [2.45, 2.75) is 57.1 Å². The molecule has 108 valence electrons. The molecule has 1 aliphatic rings. The summed E-state index contributed by atoms with van der Waals surface area (Å²) in [5.74, 6) is 0.273. The molecular weight excluding hydrogens is 250 g/mol. The summed E-state index contributed by atoms with van der Waals surface area (Å²) in [4.78, 5) is 0. The zero-order chi connectivity index (χ0) is 13.6. The second-order valence-electron chi connectivity index (χ2n) is 5.36. The molecule has 0 saturated heterocycles. The Hall–Kier alpha value is -0.130. The lowest BCUT2D eigenvalue weighted by molar-refractivity contribution is -0.0374. The molecule has 1 saturated carbocycles. The third-order valence-corrected chi connectivity index (χ3v) is 4.98. The molecule has 1 aliphatic carbocycles. The minimum atomic E-state index is -2.85. The van der Waals surface area contributed by atoms with Gasteiger partial charge >= 0.3 is 0 Å². The fourth-order valence-electron chi connectivity index (χ4n) is 3.02. The van der Waals surface area contributed by atoms with Crippen LogP contribution in [0.2, 0.25) is 0 Å². The molecule has 0 bridgehead atoms. The molecule has 0 heterocycles. The van der Waals surface area contributed by atoms with Crippen LogP contribution in [0.1, 0.15) is 45.4 Å². The van der Waals surface area contributed by atoms with Crippen LogP contribution in [0.3, 0.4) is 0 Å². The van der Waals surface area contributed by atoms with E-state index in [-0.39, 0.29) is 17.4 Å². The average Bonchev–Trinajstić information content (AvgIpc) is 2.76. The number of methoxy groups -OCH3 is 1. The molecule has 5 heteroatoms. The third kappa shape index (κ3) is 4.52. The Kier molecular flexibility index (Phi) is 6.08. The maximum atomic E-state index is 11.2. The van der Waals surface area contributed by atoms with Crippen molar-refractivity contribution >= 4 is 9.84 Å². The van der Waals surface area contributed by atoms with Gasteiger partial charge in [-0.2, -0.15) is 0 Å². The third-order valence-electron chi connectivity index (χ3n) is 3.95. The highest BCUT2D eigenvalue weighted by Gasteiger charge is 2.40. The van der Waals surface area contributed by atoms with Crippen molar-refractivity contribution in [3.05, 3.63) is 0 Å². The predicted octanol–water partition coefficient (Wildman–Crippen LogP) is 1.75. The van der Waals surface area contributed by atoms with Crippen LogP contribution in [0.4, 0.5) is 0 Å². The zero-order valence-electron chi connectivity index (χ0n) is 11.9. The summed E-state index contributed by atoms with van der Waals surface area (Å²) >= 11 is 0. The molecule has 0 aromatic rings. The Bertz CT molecular complexity index is 334. The number of hydrogen-bond donors (Lipinski definition) is 1. The number of sulfone groups is 1. The van der Waals surface area contributed by atoms with E-state index in [1.807, 2.05) is 0 Å². The van der Waals surface area contributed by atoms with E-state index in [1.54, 1.807) is 7.11 Å². The SMILES string of the molecule is CCNC(CCCS(C)(=O)=O)C1(OC)CCCC1. The Balaban J connectivity index is 2.58. The van der Waals surface area contributed by atoms with Crippen LogP contribution in [-0.2, 0) is 14.6 Å². The van der Waals surface area contributed by atoms with Crippen molar-refractivity contribution in [2.24, 2.45) is 0 Å². The van der Waals surface area contributed by atoms with Gasteiger partial charge in [-0.05, 0) is 32.2 Å². The Morgan fingerprint density at radius 2 is 1.94 bits per heavy atom. The fourth-order valence-corrected chi connectivity index (χ4v) is 3.71. The molecule has 1 rings (SSSR count). The lowest BCUT2D eigenvalue weighted by Crippen LogP contribution is -2.50. The Morgan fingerprint density at radius 3 is 2.39 bits per heavy atom. The first-order valence-electron chi connectivity index (χ1n) is 6.90. The maximum absolute atomic E-state index is 11.2. The van der Waals surface area contributed by atoms with Crippen molar-refractivity contribution in [3.63, 3.8) is 0 Å². The highest BCUT2D eigenvalue weighted by atomic mass is 32.2. The summed E-state index contributed by atoms with van der Waals surface area (Å²) in [5.41, 5.74) is -0.0759.